The number of fused-ring (bicyclic) bond motifs is 3. The normalized spacial score (nSPS) is 19.3. The van der Waals surface area contributed by atoms with Crippen LogP contribution in [0.3, 0.4) is 0 Å². The largest absolute Gasteiger partial charge is 0.491 e. The lowest BCUT2D eigenvalue weighted by atomic mass is 9.49. The molecule has 1 atom stereocenters. The van der Waals surface area contributed by atoms with Crippen molar-refractivity contribution in [1.82, 2.24) is 30.0 Å². The molecule has 1 saturated heterocycles. The summed E-state index contributed by atoms with van der Waals surface area (Å²) in [5, 5.41) is 32.1. The molecule has 69 heavy (non-hydrogen) atoms. The van der Waals surface area contributed by atoms with Crippen molar-refractivity contribution >= 4 is 46.5 Å². The maximum absolute atomic E-state index is 13.4. The number of aliphatic carboxylic acids is 1. The molecule has 0 radical (unpaired) electrons. The molecule has 1 amide bonds. The first-order valence-electron chi connectivity index (χ1n) is 23.1. The summed E-state index contributed by atoms with van der Waals surface area (Å²) in [6.45, 7) is 18.2. The molecule has 2 aliphatic heterocycles. The number of amides is 1. The van der Waals surface area contributed by atoms with Gasteiger partial charge >= 0.3 is 5.97 Å². The van der Waals surface area contributed by atoms with Crippen molar-refractivity contribution in [2.45, 2.75) is 92.0 Å². The predicted octanol–water partition coefficient (Wildman–Crippen LogP) is 7.65. The molecule has 8 rings (SSSR count). The summed E-state index contributed by atoms with van der Waals surface area (Å²) in [5.74, 6) is 1.79. The number of carbonyl (C=O) groups excluding carboxylic acids is 1. The van der Waals surface area contributed by atoms with Gasteiger partial charge in [-0.05, 0) is 63.4 Å². The lowest BCUT2D eigenvalue weighted by Crippen LogP contribution is -2.74. The highest BCUT2D eigenvalue weighted by molar-refractivity contribution is 7.15. The molecule has 0 unspecified atom stereocenters. The molecule has 2 N–H and O–H groups in total. The van der Waals surface area contributed by atoms with E-state index in [2.05, 4.69) is 78.0 Å². The Labute approximate surface area is 410 Å². The third kappa shape index (κ3) is 10.6. The number of rotatable bonds is 19. The van der Waals surface area contributed by atoms with Gasteiger partial charge in [-0.2, -0.15) is 5.26 Å². The Hall–Kier alpha value is -5.97. The van der Waals surface area contributed by atoms with Crippen LogP contribution in [0.15, 0.2) is 59.9 Å². The zero-order chi connectivity index (χ0) is 49.0. The smallest absolute Gasteiger partial charge is 0.306 e. The second kappa shape index (κ2) is 20.9. The number of carboxylic acids is 1. The van der Waals surface area contributed by atoms with E-state index >= 15 is 0 Å². The number of carbonyl (C=O) groups is 2. The second-order valence-corrected chi connectivity index (χ2v) is 20.3. The van der Waals surface area contributed by atoms with Crippen LogP contribution in [0.4, 0.5) is 5.95 Å². The standard InChI is InChI=1S/C50H58ClN9O8S/c1-29-30(2)69-45-41(29)42(55-39(25-40(61)62)43-58-57-31(3)60(43)45)32-9-8-10-36(23-32)67-22-20-65-18-17-64-19-21-66-35-13-15-59(16-14-35)48-53-27-34(28-54-48)44(63)56-46-49(4,5)47(50(46,6)7)68-37-12-11-33(26-52)38(51)24-37/h8-12,23-24,27-28,35,39,46-47H,13-22,25H2,1-7H3,(H,56,63)(H,61,62)/t39-,46?,47?/m0/s1. The van der Waals surface area contributed by atoms with Crippen molar-refractivity contribution in [2.24, 2.45) is 15.8 Å². The number of ether oxygens (including phenoxy) is 5. The summed E-state index contributed by atoms with van der Waals surface area (Å²) in [6.07, 6.45) is 4.47. The Balaban J connectivity index is 0.714. The van der Waals surface area contributed by atoms with Crippen molar-refractivity contribution in [3.05, 3.63) is 104 Å². The van der Waals surface area contributed by atoms with Gasteiger partial charge in [0.25, 0.3) is 5.91 Å². The number of anilines is 1. The minimum Gasteiger partial charge on any atom is -0.491 e. The van der Waals surface area contributed by atoms with Crippen molar-refractivity contribution in [1.29, 1.82) is 5.26 Å². The lowest BCUT2D eigenvalue weighted by Gasteiger charge is -2.63. The van der Waals surface area contributed by atoms with Crippen LogP contribution in [0.5, 0.6) is 11.5 Å². The molecule has 0 spiro atoms. The van der Waals surface area contributed by atoms with Crippen LogP contribution in [0.1, 0.15) is 102 Å². The van der Waals surface area contributed by atoms with Crippen LogP contribution in [-0.4, -0.2) is 118 Å². The van der Waals surface area contributed by atoms with E-state index in [1.807, 2.05) is 35.8 Å². The topological polar surface area (TPSA) is 208 Å². The van der Waals surface area contributed by atoms with Gasteiger partial charge in [0.05, 0.1) is 67.4 Å². The minimum atomic E-state index is -0.963. The third-order valence-corrected chi connectivity index (χ3v) is 14.7. The van der Waals surface area contributed by atoms with Gasteiger partial charge in [-0.3, -0.25) is 19.1 Å². The number of thiophene rings is 1. The zero-order valence-corrected chi connectivity index (χ0v) is 41.5. The van der Waals surface area contributed by atoms with Crippen LogP contribution in [0.2, 0.25) is 5.02 Å². The fourth-order valence-corrected chi connectivity index (χ4v) is 11.3. The number of aromatic nitrogens is 5. The third-order valence-electron chi connectivity index (χ3n) is 13.2. The first kappa shape index (κ1) is 49.5. The van der Waals surface area contributed by atoms with Gasteiger partial charge in [-0.25, -0.2) is 9.97 Å². The average molecular weight is 981 g/mol. The van der Waals surface area contributed by atoms with Gasteiger partial charge in [0.1, 0.15) is 47.1 Å². The number of aryl methyl sites for hydroxylation is 2. The van der Waals surface area contributed by atoms with E-state index in [0.29, 0.717) is 90.6 Å². The lowest BCUT2D eigenvalue weighted by molar-refractivity contribution is -0.164. The van der Waals surface area contributed by atoms with Gasteiger partial charge in [0, 0.05) is 64.4 Å². The van der Waals surface area contributed by atoms with E-state index in [1.165, 1.54) is 0 Å². The number of nitrogens with zero attached hydrogens (tertiary/aromatic N) is 8. The highest BCUT2D eigenvalue weighted by Crippen LogP contribution is 2.55. The zero-order valence-electron chi connectivity index (χ0n) is 40.0. The molecule has 3 aromatic heterocycles. The maximum atomic E-state index is 13.4. The fourth-order valence-electron chi connectivity index (χ4n) is 9.87. The molecule has 3 aliphatic rings. The summed E-state index contributed by atoms with van der Waals surface area (Å²) in [4.78, 5) is 42.7. The van der Waals surface area contributed by atoms with Gasteiger partial charge in [-0.15, -0.1) is 21.5 Å². The van der Waals surface area contributed by atoms with Crippen LogP contribution in [-0.2, 0) is 19.0 Å². The Kier molecular flexibility index (Phi) is 15.0. The van der Waals surface area contributed by atoms with Crippen LogP contribution in [0.25, 0.3) is 5.00 Å². The number of hydrogen-bond donors (Lipinski definition) is 2. The Morgan fingerprint density at radius 1 is 0.928 bits per heavy atom. The molecular weight excluding hydrogens is 922 g/mol. The van der Waals surface area contributed by atoms with Gasteiger partial charge in [0.2, 0.25) is 5.95 Å². The molecular formula is C50H58ClN9O8S. The van der Waals surface area contributed by atoms with E-state index in [4.69, 9.17) is 40.3 Å². The summed E-state index contributed by atoms with van der Waals surface area (Å²) < 4.78 is 32.0. The SMILES string of the molecule is Cc1sc2c(c1C)C(c1cccc(OCCOCCOCCOC3CCN(c4ncc(C(=O)NC5C(C)(C)C(Oc6ccc(C#N)c(Cl)c6)C5(C)C)cn4)CC3)c1)=N[C@@H](CC(=O)O)c1nnc(C)n1-2. The van der Waals surface area contributed by atoms with Crippen LogP contribution in [0, 0.1) is 42.9 Å². The highest BCUT2D eigenvalue weighted by atomic mass is 35.5. The molecule has 5 heterocycles. The first-order valence-corrected chi connectivity index (χ1v) is 24.3. The molecule has 1 saturated carbocycles. The number of aliphatic imine (C=N–C) groups is 1. The van der Waals surface area contributed by atoms with Gasteiger partial charge < -0.3 is 39.0 Å². The quantitative estimate of drug-likeness (QED) is 0.0763. The number of halogens is 1. The van der Waals surface area contributed by atoms with E-state index in [-0.39, 0.29) is 30.6 Å². The molecule has 2 fully saturated rings. The Morgan fingerprint density at radius 3 is 2.30 bits per heavy atom. The van der Waals surface area contributed by atoms with E-state index in [1.54, 1.807) is 41.9 Å². The van der Waals surface area contributed by atoms with Gasteiger partial charge in [-0.1, -0.05) is 51.4 Å². The number of nitriles is 1. The number of piperidine rings is 1. The van der Waals surface area contributed by atoms with Crippen molar-refractivity contribution < 1.29 is 38.4 Å². The fraction of sp³-hybridized carbons (Fsp3) is 0.480. The molecule has 2 aromatic carbocycles. The molecule has 19 heteroatoms. The Bertz CT molecular complexity index is 2730. The Morgan fingerprint density at radius 2 is 1.62 bits per heavy atom. The first-order chi connectivity index (χ1) is 33.1. The van der Waals surface area contributed by atoms with Crippen molar-refractivity contribution in [3.63, 3.8) is 0 Å². The summed E-state index contributed by atoms with van der Waals surface area (Å²) in [7, 11) is 0. The predicted molar refractivity (Wildman–Crippen MR) is 260 cm³/mol. The van der Waals surface area contributed by atoms with Crippen LogP contribution < -0.4 is 19.7 Å². The van der Waals surface area contributed by atoms with Crippen LogP contribution >= 0.6 is 22.9 Å². The van der Waals surface area contributed by atoms with Crippen molar-refractivity contribution in [2.75, 3.05) is 57.6 Å². The molecule has 1 aliphatic carbocycles. The minimum absolute atomic E-state index is 0.101. The summed E-state index contributed by atoms with van der Waals surface area (Å²) >= 11 is 7.87. The molecule has 5 aromatic rings. The highest BCUT2D eigenvalue weighted by Gasteiger charge is 2.64. The monoisotopic (exact) mass is 979 g/mol. The van der Waals surface area contributed by atoms with E-state index in [9.17, 15) is 20.0 Å². The molecule has 17 nitrogen and oxygen atoms in total. The molecule has 0 bridgehead atoms. The number of nitrogens with one attached hydrogen (secondary N) is 1. The molecule has 364 valence electrons. The van der Waals surface area contributed by atoms with E-state index in [0.717, 1.165) is 52.5 Å². The average Bonchev–Trinajstić information content (AvgIpc) is 3.81. The number of carboxylic acid groups (broad SMARTS) is 1. The van der Waals surface area contributed by atoms with Crippen molar-refractivity contribution in [3.8, 4) is 22.6 Å². The summed E-state index contributed by atoms with van der Waals surface area (Å²) in [6, 6.07) is 13.9. The van der Waals surface area contributed by atoms with Gasteiger partial charge in [0.15, 0.2) is 5.82 Å². The maximum Gasteiger partial charge on any atom is 0.306 e. The van der Waals surface area contributed by atoms with E-state index < -0.39 is 22.8 Å². The number of hydrogen-bond acceptors (Lipinski definition) is 15. The summed E-state index contributed by atoms with van der Waals surface area (Å²) in [5.41, 5.74) is 3.52. The second-order valence-electron chi connectivity index (χ2n) is 18.7. The number of benzene rings is 2.